The largest absolute Gasteiger partial charge is 0.481 e. The molecular formula is C31H32N4O4. The molecule has 0 spiro atoms. The molecular weight excluding hydrogens is 492 g/mol. The lowest BCUT2D eigenvalue weighted by Crippen LogP contribution is -2.26. The Morgan fingerprint density at radius 3 is 1.97 bits per heavy atom. The Balaban J connectivity index is 1.71. The molecule has 0 radical (unpaired) electrons. The summed E-state index contributed by atoms with van der Waals surface area (Å²) in [5.41, 5.74) is 9.60. The maximum absolute atomic E-state index is 11.5. The minimum atomic E-state index is -0.875. The van der Waals surface area contributed by atoms with E-state index in [9.17, 15) is 19.8 Å². The van der Waals surface area contributed by atoms with E-state index < -0.39 is 17.4 Å². The highest BCUT2D eigenvalue weighted by Crippen LogP contribution is 2.46. The van der Waals surface area contributed by atoms with Gasteiger partial charge in [-0.2, -0.15) is 0 Å². The summed E-state index contributed by atoms with van der Waals surface area (Å²) >= 11 is 0. The topological polar surface area (TPSA) is 124 Å². The van der Waals surface area contributed by atoms with E-state index in [1.54, 1.807) is 0 Å². The number of allylic oxidation sites excluding steroid dienone is 11. The van der Waals surface area contributed by atoms with Crippen LogP contribution in [0.2, 0.25) is 0 Å². The van der Waals surface area contributed by atoms with Gasteiger partial charge in [-0.05, 0) is 92.4 Å². The fraction of sp³-hybridized carbons (Fsp3) is 0.355. The molecule has 0 unspecified atom stereocenters. The fourth-order valence-corrected chi connectivity index (χ4v) is 5.57. The molecule has 0 aromatic heterocycles. The van der Waals surface area contributed by atoms with E-state index in [0.29, 0.717) is 18.5 Å². The van der Waals surface area contributed by atoms with Crippen molar-refractivity contribution in [2.45, 2.75) is 60.3 Å². The molecule has 0 fully saturated rings. The highest BCUT2D eigenvalue weighted by atomic mass is 16.4. The summed E-state index contributed by atoms with van der Waals surface area (Å²) in [5, 5.41) is 18.9. The molecule has 8 bridgehead atoms. The maximum atomic E-state index is 11.5. The number of carboxylic acid groups (broad SMARTS) is 2. The van der Waals surface area contributed by atoms with E-state index in [1.807, 2.05) is 57.2 Å². The standard InChI is InChI=1S/C31H32N4O4/c1-16-10-20-13-25-18(3)21(6-8-29(36)37)26(34-25)14-27-22(7-9-30(38)39)31(4,5)28(35-27)15-24-17(2)11-19(33-24)12-23(16)32-20/h10-15,22H,6-9H2,1-5H3,(H,36,37)(H,38,39)/t22-/m0/s1. The van der Waals surface area contributed by atoms with E-state index in [1.165, 1.54) is 0 Å². The summed E-state index contributed by atoms with van der Waals surface area (Å²) in [6.45, 7) is 10.2. The van der Waals surface area contributed by atoms with E-state index in [-0.39, 0.29) is 18.8 Å². The van der Waals surface area contributed by atoms with Gasteiger partial charge in [0.25, 0.3) is 0 Å². The van der Waals surface area contributed by atoms with Crippen LogP contribution >= 0.6 is 0 Å². The van der Waals surface area contributed by atoms with Crippen LogP contribution in [0.4, 0.5) is 0 Å². The Morgan fingerprint density at radius 2 is 1.36 bits per heavy atom. The zero-order chi connectivity index (χ0) is 28.1. The summed E-state index contributed by atoms with van der Waals surface area (Å²) in [7, 11) is 0. The number of hydrogen-bond acceptors (Lipinski definition) is 6. The molecule has 2 N–H and O–H groups in total. The van der Waals surface area contributed by atoms with Crippen LogP contribution in [0.15, 0.2) is 102 Å². The first-order chi connectivity index (χ1) is 18.4. The van der Waals surface area contributed by atoms with E-state index in [2.05, 4.69) is 13.8 Å². The Bertz CT molecular complexity index is 1550. The molecule has 0 amide bonds. The number of carbonyl (C=O) groups is 2. The normalized spacial score (nSPS) is 23.2. The number of aliphatic imine (C=N–C) groups is 4. The second-order valence-electron chi connectivity index (χ2n) is 11.1. The van der Waals surface area contributed by atoms with Crippen LogP contribution in [0.25, 0.3) is 0 Å². The Labute approximate surface area is 227 Å². The Kier molecular flexibility index (Phi) is 6.66. The molecule has 5 heterocycles. The molecule has 5 rings (SSSR count). The van der Waals surface area contributed by atoms with Crippen LogP contribution in [-0.4, -0.2) is 45.0 Å². The number of rotatable bonds is 6. The summed E-state index contributed by atoms with van der Waals surface area (Å²) in [5.74, 6) is -1.89. The number of fused-ring (bicyclic) bond motifs is 4. The van der Waals surface area contributed by atoms with Gasteiger partial charge in [-0.3, -0.25) is 14.6 Å². The van der Waals surface area contributed by atoms with Crippen molar-refractivity contribution in [3.8, 4) is 0 Å². The molecule has 39 heavy (non-hydrogen) atoms. The second-order valence-corrected chi connectivity index (χ2v) is 11.1. The van der Waals surface area contributed by atoms with Gasteiger partial charge in [0.05, 0.1) is 34.2 Å². The Hall–Kier alpha value is -4.20. The van der Waals surface area contributed by atoms with Gasteiger partial charge in [0.1, 0.15) is 0 Å². The van der Waals surface area contributed by atoms with Gasteiger partial charge in [-0.25, -0.2) is 15.0 Å². The van der Waals surface area contributed by atoms with Crippen LogP contribution in [0.3, 0.4) is 0 Å². The van der Waals surface area contributed by atoms with Crippen LogP contribution in [0.5, 0.6) is 0 Å². The molecule has 0 aliphatic carbocycles. The minimum absolute atomic E-state index is 0.0173. The zero-order valence-corrected chi connectivity index (χ0v) is 22.9. The van der Waals surface area contributed by atoms with Gasteiger partial charge in [-0.1, -0.05) is 13.8 Å². The van der Waals surface area contributed by atoms with E-state index in [0.717, 1.165) is 62.2 Å². The highest BCUT2D eigenvalue weighted by Gasteiger charge is 2.42. The first-order valence-corrected chi connectivity index (χ1v) is 13.2. The molecule has 0 saturated carbocycles. The number of hydrogen-bond donors (Lipinski definition) is 2. The smallest absolute Gasteiger partial charge is 0.303 e. The average Bonchev–Trinajstić information content (AvgIpc) is 3.51. The van der Waals surface area contributed by atoms with Gasteiger partial charge in [0.15, 0.2) is 0 Å². The summed E-state index contributed by atoms with van der Waals surface area (Å²) in [4.78, 5) is 42.6. The predicted molar refractivity (Wildman–Crippen MR) is 153 cm³/mol. The maximum Gasteiger partial charge on any atom is 0.303 e. The lowest BCUT2D eigenvalue weighted by Gasteiger charge is -2.28. The van der Waals surface area contributed by atoms with Crippen molar-refractivity contribution in [2.75, 3.05) is 0 Å². The Morgan fingerprint density at radius 1 is 0.769 bits per heavy atom. The van der Waals surface area contributed by atoms with E-state index >= 15 is 0 Å². The van der Waals surface area contributed by atoms with Gasteiger partial charge >= 0.3 is 11.9 Å². The molecule has 8 heteroatoms. The third-order valence-electron chi connectivity index (χ3n) is 7.92. The van der Waals surface area contributed by atoms with Crippen molar-refractivity contribution in [1.82, 2.24) is 0 Å². The third-order valence-corrected chi connectivity index (χ3v) is 7.92. The first kappa shape index (κ1) is 26.4. The summed E-state index contributed by atoms with van der Waals surface area (Å²) in [6.07, 6.45) is 12.6. The van der Waals surface area contributed by atoms with Crippen molar-refractivity contribution in [3.63, 3.8) is 0 Å². The van der Waals surface area contributed by atoms with Gasteiger partial charge in [-0.15, -0.1) is 0 Å². The van der Waals surface area contributed by atoms with Gasteiger partial charge in [0.2, 0.25) is 0 Å². The molecule has 0 saturated heterocycles. The molecule has 0 aromatic rings. The SMILES string of the molecule is CC1=CC2=CC3=NC(=CC4=NC(=CC5=NC(=CC1=N2)C=C5C)C(C)(C)[C@H]4CCC(=O)O)C(CCC(=O)O)=C3C. The second kappa shape index (κ2) is 9.84. The monoisotopic (exact) mass is 524 g/mol. The summed E-state index contributed by atoms with van der Waals surface area (Å²) < 4.78 is 0. The van der Waals surface area contributed by atoms with E-state index in [4.69, 9.17) is 20.0 Å². The molecule has 5 aliphatic rings. The van der Waals surface area contributed by atoms with Crippen molar-refractivity contribution in [1.29, 1.82) is 0 Å². The highest BCUT2D eigenvalue weighted by molar-refractivity contribution is 6.17. The van der Waals surface area contributed by atoms with Crippen LogP contribution in [-0.2, 0) is 9.59 Å². The average molecular weight is 525 g/mol. The number of aliphatic carboxylic acids is 2. The lowest BCUT2D eigenvalue weighted by molar-refractivity contribution is -0.138. The predicted octanol–water partition coefficient (Wildman–Crippen LogP) is 5.94. The first-order valence-electron chi connectivity index (χ1n) is 13.2. The van der Waals surface area contributed by atoms with Crippen LogP contribution in [0.1, 0.15) is 60.3 Å². The van der Waals surface area contributed by atoms with Crippen molar-refractivity contribution >= 4 is 34.8 Å². The van der Waals surface area contributed by atoms with Gasteiger partial charge < -0.3 is 10.2 Å². The third kappa shape index (κ3) is 5.11. The van der Waals surface area contributed by atoms with Crippen molar-refractivity contribution < 1.29 is 19.8 Å². The molecule has 0 aromatic carbocycles. The molecule has 8 nitrogen and oxygen atoms in total. The van der Waals surface area contributed by atoms with Crippen LogP contribution in [0, 0.1) is 11.3 Å². The molecule has 200 valence electrons. The minimum Gasteiger partial charge on any atom is -0.481 e. The number of nitrogens with zero attached hydrogens (tertiary/aromatic N) is 4. The quantitative estimate of drug-likeness (QED) is 0.446. The number of carboxylic acids is 2. The molecule has 1 atom stereocenters. The fourth-order valence-electron chi connectivity index (χ4n) is 5.57. The van der Waals surface area contributed by atoms with Crippen molar-refractivity contribution in [3.05, 3.63) is 81.5 Å². The zero-order valence-electron chi connectivity index (χ0n) is 22.9. The lowest BCUT2D eigenvalue weighted by atomic mass is 9.73. The summed E-state index contributed by atoms with van der Waals surface area (Å²) in [6, 6.07) is 0. The van der Waals surface area contributed by atoms with Gasteiger partial charge in [0, 0.05) is 35.6 Å². The molecule has 5 aliphatic heterocycles. The van der Waals surface area contributed by atoms with Crippen LogP contribution < -0.4 is 0 Å². The van der Waals surface area contributed by atoms with Crippen molar-refractivity contribution in [2.24, 2.45) is 31.3 Å².